The molecule has 5 heteroatoms. The third-order valence-electron chi connectivity index (χ3n) is 3.95. The average Bonchev–Trinajstić information content (AvgIpc) is 3.07. The van der Waals surface area contributed by atoms with Crippen molar-refractivity contribution in [3.05, 3.63) is 60.2 Å². The maximum absolute atomic E-state index is 11.9. The molecule has 5 nitrogen and oxygen atoms in total. The quantitative estimate of drug-likeness (QED) is 0.476. The molecule has 0 atom stereocenters. The van der Waals surface area contributed by atoms with E-state index >= 15 is 0 Å². The summed E-state index contributed by atoms with van der Waals surface area (Å²) in [5.74, 6) is 0.831. The van der Waals surface area contributed by atoms with E-state index in [0.29, 0.717) is 12.2 Å². The number of carbonyl (C=O) groups is 2. The fraction of sp³-hybridized carbons (Fsp3) is 0.200. The fourth-order valence-corrected chi connectivity index (χ4v) is 2.67. The first-order valence-electron chi connectivity index (χ1n) is 8.10. The minimum absolute atomic E-state index is 0.131. The van der Waals surface area contributed by atoms with Gasteiger partial charge in [0.15, 0.2) is 0 Å². The number of esters is 1. The number of ether oxygens (including phenoxy) is 2. The first-order valence-corrected chi connectivity index (χ1v) is 8.10. The van der Waals surface area contributed by atoms with E-state index in [1.807, 2.05) is 24.3 Å². The lowest BCUT2D eigenvalue weighted by molar-refractivity contribution is -0.128. The van der Waals surface area contributed by atoms with Crippen LogP contribution in [0.1, 0.15) is 18.4 Å². The molecular weight excluding hydrogens is 318 g/mol. The summed E-state index contributed by atoms with van der Waals surface area (Å²) in [7, 11) is 1.59. The Morgan fingerprint density at radius 3 is 2.60 bits per heavy atom. The molecule has 2 aromatic rings. The number of methoxy groups -OCH3 is 1. The second kappa shape index (κ2) is 7.66. The van der Waals surface area contributed by atoms with Gasteiger partial charge in [-0.25, -0.2) is 4.79 Å². The minimum Gasteiger partial charge on any atom is -0.497 e. The molecule has 25 heavy (non-hydrogen) atoms. The highest BCUT2D eigenvalue weighted by atomic mass is 16.5. The predicted octanol–water partition coefficient (Wildman–Crippen LogP) is 3.44. The van der Waals surface area contributed by atoms with Gasteiger partial charge in [0.05, 0.1) is 7.11 Å². The van der Waals surface area contributed by atoms with Crippen molar-refractivity contribution in [2.75, 3.05) is 18.6 Å². The summed E-state index contributed by atoms with van der Waals surface area (Å²) in [6, 6.07) is 14.3. The number of rotatable bonds is 5. The number of hydrogen-bond acceptors (Lipinski definition) is 4. The molecular formula is C20H19NO4. The molecule has 0 spiro atoms. The summed E-state index contributed by atoms with van der Waals surface area (Å²) < 4.78 is 10.4. The number of carbonyl (C=O) groups excluding carboxylic acids is 2. The van der Waals surface area contributed by atoms with E-state index in [0.717, 1.165) is 30.0 Å². The van der Waals surface area contributed by atoms with E-state index in [1.165, 1.54) is 6.08 Å². The SMILES string of the molecule is COc1cccc(/C=C/C(=O)Oc2ccc(N3CCCC3=O)cc2)c1. The molecule has 1 aliphatic heterocycles. The van der Waals surface area contributed by atoms with Gasteiger partial charge in [-0.1, -0.05) is 12.1 Å². The lowest BCUT2D eigenvalue weighted by atomic mass is 10.2. The Balaban J connectivity index is 1.60. The van der Waals surface area contributed by atoms with Crippen molar-refractivity contribution in [1.82, 2.24) is 0 Å². The molecule has 1 fully saturated rings. The van der Waals surface area contributed by atoms with Crippen LogP contribution in [0.2, 0.25) is 0 Å². The van der Waals surface area contributed by atoms with Gasteiger partial charge >= 0.3 is 5.97 Å². The van der Waals surface area contributed by atoms with Crippen molar-refractivity contribution in [3.8, 4) is 11.5 Å². The van der Waals surface area contributed by atoms with Gasteiger partial charge in [0.2, 0.25) is 5.91 Å². The maximum atomic E-state index is 11.9. The number of nitrogens with zero attached hydrogens (tertiary/aromatic N) is 1. The monoisotopic (exact) mass is 337 g/mol. The van der Waals surface area contributed by atoms with Crippen molar-refractivity contribution in [3.63, 3.8) is 0 Å². The lowest BCUT2D eigenvalue weighted by Gasteiger charge is -2.15. The van der Waals surface area contributed by atoms with Crippen LogP contribution < -0.4 is 14.4 Å². The molecule has 0 saturated carbocycles. The first-order chi connectivity index (χ1) is 12.2. The summed E-state index contributed by atoms with van der Waals surface area (Å²) in [6.07, 6.45) is 4.51. The average molecular weight is 337 g/mol. The standard InChI is InChI=1S/C20H19NO4/c1-24-18-5-2-4-15(14-18)7-12-20(23)25-17-10-8-16(9-11-17)21-13-3-6-19(21)22/h2,4-5,7-12,14H,3,6,13H2,1H3/b12-7+. The number of anilines is 1. The van der Waals surface area contributed by atoms with Gasteiger partial charge in [-0.3, -0.25) is 4.79 Å². The van der Waals surface area contributed by atoms with Gasteiger partial charge in [0.25, 0.3) is 0 Å². The van der Waals surface area contributed by atoms with Gasteiger partial charge in [0, 0.05) is 24.7 Å². The highest BCUT2D eigenvalue weighted by Gasteiger charge is 2.21. The van der Waals surface area contributed by atoms with Crippen LogP contribution in [0.15, 0.2) is 54.6 Å². The Bertz CT molecular complexity index is 796. The van der Waals surface area contributed by atoms with Gasteiger partial charge in [-0.2, -0.15) is 0 Å². The van der Waals surface area contributed by atoms with Crippen LogP contribution in [0, 0.1) is 0 Å². The first kappa shape index (κ1) is 16.8. The lowest BCUT2D eigenvalue weighted by Crippen LogP contribution is -2.23. The summed E-state index contributed by atoms with van der Waals surface area (Å²) >= 11 is 0. The van der Waals surface area contributed by atoms with Crippen molar-refractivity contribution in [2.45, 2.75) is 12.8 Å². The maximum Gasteiger partial charge on any atom is 0.336 e. The van der Waals surface area contributed by atoms with Crippen LogP contribution in [0.25, 0.3) is 6.08 Å². The summed E-state index contributed by atoms with van der Waals surface area (Å²) in [4.78, 5) is 25.4. The second-order valence-corrected chi connectivity index (χ2v) is 5.67. The molecule has 0 bridgehead atoms. The topological polar surface area (TPSA) is 55.8 Å². The molecule has 128 valence electrons. The van der Waals surface area contributed by atoms with E-state index < -0.39 is 5.97 Å². The third-order valence-corrected chi connectivity index (χ3v) is 3.95. The Kier molecular flexibility index (Phi) is 5.14. The van der Waals surface area contributed by atoms with E-state index in [9.17, 15) is 9.59 Å². The number of hydrogen-bond donors (Lipinski definition) is 0. The van der Waals surface area contributed by atoms with Crippen LogP contribution in [-0.2, 0) is 9.59 Å². The number of benzene rings is 2. The van der Waals surface area contributed by atoms with Gasteiger partial charge in [-0.05, 0) is 54.5 Å². The summed E-state index contributed by atoms with van der Waals surface area (Å²) in [5.41, 5.74) is 1.67. The summed E-state index contributed by atoms with van der Waals surface area (Å²) in [5, 5.41) is 0. The molecule has 1 amide bonds. The van der Waals surface area contributed by atoms with Crippen molar-refractivity contribution in [2.24, 2.45) is 0 Å². The fourth-order valence-electron chi connectivity index (χ4n) is 2.67. The molecule has 0 aromatic heterocycles. The van der Waals surface area contributed by atoms with E-state index in [4.69, 9.17) is 9.47 Å². The van der Waals surface area contributed by atoms with Crippen molar-refractivity contribution >= 4 is 23.6 Å². The van der Waals surface area contributed by atoms with Gasteiger partial charge in [0.1, 0.15) is 11.5 Å². The van der Waals surface area contributed by atoms with Crippen molar-refractivity contribution < 1.29 is 19.1 Å². The normalized spacial score (nSPS) is 14.1. The molecule has 0 radical (unpaired) electrons. The Morgan fingerprint density at radius 2 is 1.92 bits per heavy atom. The zero-order chi connectivity index (χ0) is 17.6. The Labute approximate surface area is 146 Å². The molecule has 1 saturated heterocycles. The Hall–Kier alpha value is -3.08. The molecule has 0 aliphatic carbocycles. The van der Waals surface area contributed by atoms with Crippen LogP contribution in [0.4, 0.5) is 5.69 Å². The minimum atomic E-state index is -0.465. The molecule has 1 aliphatic rings. The second-order valence-electron chi connectivity index (χ2n) is 5.67. The Morgan fingerprint density at radius 1 is 1.12 bits per heavy atom. The molecule has 2 aromatic carbocycles. The molecule has 1 heterocycles. The van der Waals surface area contributed by atoms with Crippen molar-refractivity contribution in [1.29, 1.82) is 0 Å². The molecule has 0 unspecified atom stereocenters. The van der Waals surface area contributed by atoms with Crippen LogP contribution >= 0.6 is 0 Å². The van der Waals surface area contributed by atoms with Crippen LogP contribution in [0.5, 0.6) is 11.5 Å². The predicted molar refractivity (Wildman–Crippen MR) is 95.7 cm³/mol. The number of amides is 1. The molecule has 3 rings (SSSR count). The zero-order valence-corrected chi connectivity index (χ0v) is 14.0. The summed E-state index contributed by atoms with van der Waals surface area (Å²) in [6.45, 7) is 0.737. The van der Waals surface area contributed by atoms with Crippen LogP contribution in [0.3, 0.4) is 0 Å². The zero-order valence-electron chi connectivity index (χ0n) is 14.0. The van der Waals surface area contributed by atoms with E-state index in [-0.39, 0.29) is 5.91 Å². The van der Waals surface area contributed by atoms with Gasteiger partial charge in [-0.15, -0.1) is 0 Å². The van der Waals surface area contributed by atoms with E-state index in [2.05, 4.69) is 0 Å². The third kappa shape index (κ3) is 4.26. The highest BCUT2D eigenvalue weighted by molar-refractivity contribution is 5.95. The van der Waals surface area contributed by atoms with Gasteiger partial charge < -0.3 is 14.4 Å². The highest BCUT2D eigenvalue weighted by Crippen LogP contribution is 2.24. The molecule has 0 N–H and O–H groups in total. The van der Waals surface area contributed by atoms with E-state index in [1.54, 1.807) is 42.4 Å². The smallest absolute Gasteiger partial charge is 0.336 e. The van der Waals surface area contributed by atoms with Crippen LogP contribution in [-0.4, -0.2) is 25.5 Å². The largest absolute Gasteiger partial charge is 0.497 e.